The Morgan fingerprint density at radius 3 is 2.57 bits per heavy atom. The zero-order valence-electron chi connectivity index (χ0n) is 16.0. The third-order valence-electron chi connectivity index (χ3n) is 5.22. The van der Waals surface area contributed by atoms with Crippen molar-refractivity contribution in [3.63, 3.8) is 0 Å². The minimum absolute atomic E-state index is 0.00335. The third kappa shape index (κ3) is 4.89. The summed E-state index contributed by atoms with van der Waals surface area (Å²) in [6.07, 6.45) is 3.16. The zero-order valence-corrected chi connectivity index (χ0v) is 16.9. The van der Waals surface area contributed by atoms with Gasteiger partial charge in [0, 0.05) is 26.6 Å². The quantitative estimate of drug-likeness (QED) is 0.682. The highest BCUT2D eigenvalue weighted by Crippen LogP contribution is 2.25. The summed E-state index contributed by atoms with van der Waals surface area (Å²) in [4.78, 5) is 14.6. The average molecular weight is 414 g/mol. The molecule has 1 unspecified atom stereocenters. The number of hydrogen-bond acceptors (Lipinski definition) is 5. The van der Waals surface area contributed by atoms with Crippen molar-refractivity contribution in [2.75, 3.05) is 33.4 Å². The van der Waals surface area contributed by atoms with E-state index < -0.39 is 15.8 Å². The van der Waals surface area contributed by atoms with Crippen LogP contribution in [0.5, 0.6) is 0 Å². The lowest BCUT2D eigenvalue weighted by Gasteiger charge is -2.38. The second kappa shape index (κ2) is 9.30. The molecule has 0 spiro atoms. The second-order valence-electron chi connectivity index (χ2n) is 7.14. The Bertz CT molecular complexity index is 765. The first kappa shape index (κ1) is 21.2. The molecule has 1 atom stereocenters. The summed E-state index contributed by atoms with van der Waals surface area (Å²) in [6, 6.07) is 4.66. The Morgan fingerprint density at radius 1 is 1.21 bits per heavy atom. The number of amides is 1. The van der Waals surface area contributed by atoms with Gasteiger partial charge >= 0.3 is 0 Å². The summed E-state index contributed by atoms with van der Waals surface area (Å²) in [7, 11) is -2.24. The summed E-state index contributed by atoms with van der Waals surface area (Å²) in [5.41, 5.74) is 0. The Kier molecular flexibility index (Phi) is 7.03. The van der Waals surface area contributed by atoms with Crippen LogP contribution < -0.4 is 0 Å². The number of carbonyl (C=O) groups is 1. The molecule has 9 heteroatoms. The molecule has 0 aliphatic carbocycles. The van der Waals surface area contributed by atoms with Crippen LogP contribution in [0.4, 0.5) is 4.39 Å². The molecule has 1 aromatic rings. The minimum atomic E-state index is -3.70. The van der Waals surface area contributed by atoms with Crippen LogP contribution >= 0.6 is 0 Å². The van der Waals surface area contributed by atoms with Gasteiger partial charge in [0.1, 0.15) is 5.82 Å². The highest BCUT2D eigenvalue weighted by Gasteiger charge is 2.36. The van der Waals surface area contributed by atoms with Gasteiger partial charge in [-0.1, -0.05) is 0 Å². The van der Waals surface area contributed by atoms with Crippen LogP contribution in [-0.4, -0.2) is 69.2 Å². The van der Waals surface area contributed by atoms with Crippen LogP contribution in [-0.2, 0) is 24.3 Å². The predicted molar refractivity (Wildman–Crippen MR) is 100 cm³/mol. The molecule has 2 aliphatic rings. The number of sulfonamides is 1. The Labute approximate surface area is 165 Å². The van der Waals surface area contributed by atoms with Crippen molar-refractivity contribution < 1.29 is 27.1 Å². The molecule has 3 rings (SSSR count). The number of piperidine rings is 1. The minimum Gasteiger partial charge on any atom is -0.348 e. The molecule has 1 amide bonds. The fraction of sp³-hybridized carbons (Fsp3) is 0.632. The van der Waals surface area contributed by atoms with Crippen molar-refractivity contribution in [1.82, 2.24) is 9.21 Å². The zero-order chi connectivity index (χ0) is 20.1. The van der Waals surface area contributed by atoms with Crippen molar-refractivity contribution in [1.29, 1.82) is 0 Å². The van der Waals surface area contributed by atoms with Gasteiger partial charge in [0.05, 0.1) is 24.2 Å². The standard InChI is InChI=1S/C19H27FN2O5S/c1-21(28(24,25)16-9-7-15(20)8-10-16)11-4-6-18(23)22-12-3-2-5-17(22)19-26-13-14-27-19/h7-10,17,19H,2-6,11-14H2,1H3. The first-order chi connectivity index (χ1) is 13.4. The molecule has 0 radical (unpaired) electrons. The van der Waals surface area contributed by atoms with Crippen molar-refractivity contribution >= 4 is 15.9 Å². The van der Waals surface area contributed by atoms with E-state index >= 15 is 0 Å². The topological polar surface area (TPSA) is 76.2 Å². The van der Waals surface area contributed by atoms with Gasteiger partial charge in [-0.15, -0.1) is 0 Å². The highest BCUT2D eigenvalue weighted by atomic mass is 32.2. The second-order valence-corrected chi connectivity index (χ2v) is 9.19. The molecule has 0 bridgehead atoms. The molecule has 2 heterocycles. The lowest BCUT2D eigenvalue weighted by atomic mass is 10.0. The van der Waals surface area contributed by atoms with Crippen LogP contribution in [0, 0.1) is 5.82 Å². The summed E-state index contributed by atoms with van der Waals surface area (Å²) in [5.74, 6) is -0.491. The average Bonchev–Trinajstić information content (AvgIpc) is 3.22. The fourth-order valence-electron chi connectivity index (χ4n) is 3.65. The molecule has 28 heavy (non-hydrogen) atoms. The largest absolute Gasteiger partial charge is 0.348 e. The fourth-order valence-corrected chi connectivity index (χ4v) is 4.86. The van der Waals surface area contributed by atoms with Crippen molar-refractivity contribution in [3.8, 4) is 0 Å². The molecule has 1 aromatic carbocycles. The number of ether oxygens (including phenoxy) is 2. The number of hydrogen-bond donors (Lipinski definition) is 0. The maximum absolute atomic E-state index is 13.0. The van der Waals surface area contributed by atoms with E-state index in [1.165, 1.54) is 23.5 Å². The predicted octanol–water partition coefficient (Wildman–Crippen LogP) is 1.98. The highest BCUT2D eigenvalue weighted by molar-refractivity contribution is 7.89. The number of rotatable bonds is 7. The van der Waals surface area contributed by atoms with Gasteiger partial charge in [0.25, 0.3) is 0 Å². The smallest absolute Gasteiger partial charge is 0.242 e. The van der Waals surface area contributed by atoms with E-state index in [0.29, 0.717) is 26.2 Å². The van der Waals surface area contributed by atoms with Crippen LogP contribution in [0.15, 0.2) is 29.2 Å². The van der Waals surface area contributed by atoms with Gasteiger partial charge in [0.2, 0.25) is 15.9 Å². The van der Waals surface area contributed by atoms with E-state index in [1.54, 1.807) is 0 Å². The summed E-state index contributed by atoms with van der Waals surface area (Å²) >= 11 is 0. The van der Waals surface area contributed by atoms with Gasteiger partial charge in [-0.25, -0.2) is 17.1 Å². The van der Waals surface area contributed by atoms with E-state index in [2.05, 4.69) is 0 Å². The number of nitrogens with zero attached hydrogens (tertiary/aromatic N) is 2. The summed E-state index contributed by atoms with van der Waals surface area (Å²) in [5, 5.41) is 0. The Morgan fingerprint density at radius 2 is 1.89 bits per heavy atom. The van der Waals surface area contributed by atoms with Gasteiger partial charge < -0.3 is 14.4 Å². The lowest BCUT2D eigenvalue weighted by molar-refractivity contribution is -0.150. The molecule has 0 aromatic heterocycles. The normalized spacial score (nSPS) is 21.4. The van der Waals surface area contributed by atoms with E-state index in [-0.39, 0.29) is 36.1 Å². The van der Waals surface area contributed by atoms with Gasteiger partial charge in [-0.2, -0.15) is 0 Å². The van der Waals surface area contributed by atoms with Crippen molar-refractivity contribution in [2.45, 2.75) is 49.3 Å². The first-order valence-corrected chi connectivity index (χ1v) is 11.1. The maximum Gasteiger partial charge on any atom is 0.242 e. The lowest BCUT2D eigenvalue weighted by Crippen LogP contribution is -2.50. The summed E-state index contributed by atoms with van der Waals surface area (Å²) in [6.45, 7) is 1.99. The van der Waals surface area contributed by atoms with Crippen LogP contribution in [0.3, 0.4) is 0 Å². The molecular formula is C19H27FN2O5S. The number of halogens is 1. The van der Waals surface area contributed by atoms with E-state index in [0.717, 1.165) is 31.4 Å². The molecule has 7 nitrogen and oxygen atoms in total. The molecule has 0 saturated carbocycles. The number of benzene rings is 1. The molecule has 2 saturated heterocycles. The van der Waals surface area contributed by atoms with Crippen LogP contribution in [0.25, 0.3) is 0 Å². The number of likely N-dealkylation sites (tertiary alicyclic amines) is 1. The maximum atomic E-state index is 13.0. The Balaban J connectivity index is 1.53. The molecule has 156 valence electrons. The molecule has 2 fully saturated rings. The molecule has 2 aliphatic heterocycles. The van der Waals surface area contributed by atoms with Crippen LogP contribution in [0.1, 0.15) is 32.1 Å². The van der Waals surface area contributed by atoms with E-state index in [1.807, 2.05) is 4.90 Å². The van der Waals surface area contributed by atoms with E-state index in [9.17, 15) is 17.6 Å². The van der Waals surface area contributed by atoms with Crippen LogP contribution in [0.2, 0.25) is 0 Å². The van der Waals surface area contributed by atoms with E-state index in [4.69, 9.17) is 9.47 Å². The first-order valence-electron chi connectivity index (χ1n) is 9.64. The Hall–Kier alpha value is -1.55. The molecule has 0 N–H and O–H groups in total. The molecular weight excluding hydrogens is 387 g/mol. The van der Waals surface area contributed by atoms with Gasteiger partial charge in [-0.05, 0) is 49.9 Å². The van der Waals surface area contributed by atoms with Gasteiger partial charge in [0.15, 0.2) is 6.29 Å². The van der Waals surface area contributed by atoms with Crippen molar-refractivity contribution in [3.05, 3.63) is 30.1 Å². The SMILES string of the molecule is CN(CCCC(=O)N1CCCCC1C1OCCO1)S(=O)(=O)c1ccc(F)cc1. The van der Waals surface area contributed by atoms with Crippen molar-refractivity contribution in [2.24, 2.45) is 0 Å². The monoisotopic (exact) mass is 414 g/mol. The van der Waals surface area contributed by atoms with Gasteiger partial charge in [-0.3, -0.25) is 4.79 Å². The summed E-state index contributed by atoms with van der Waals surface area (Å²) < 4.78 is 50.4. The third-order valence-corrected chi connectivity index (χ3v) is 7.09. The number of carbonyl (C=O) groups excluding carboxylic acids is 1.